The van der Waals surface area contributed by atoms with Gasteiger partial charge in [-0.2, -0.15) is 0 Å². The van der Waals surface area contributed by atoms with Gasteiger partial charge in [0.2, 0.25) is 0 Å². The van der Waals surface area contributed by atoms with Crippen LogP contribution in [-0.4, -0.2) is 13.4 Å². The van der Waals surface area contributed by atoms with Crippen LogP contribution >= 0.6 is 34.8 Å². The van der Waals surface area contributed by atoms with E-state index < -0.39 is 15.8 Å². The van der Waals surface area contributed by atoms with Gasteiger partial charge in [0.1, 0.15) is 10.6 Å². The van der Waals surface area contributed by atoms with E-state index in [4.69, 9.17) is 39.5 Å². The third kappa shape index (κ3) is 4.61. The quantitative estimate of drug-likeness (QED) is 0.307. The number of halogens is 4. The van der Waals surface area contributed by atoms with E-state index in [9.17, 15) is 12.8 Å². The molecule has 4 aromatic rings. The molecule has 164 valence electrons. The van der Waals surface area contributed by atoms with Crippen LogP contribution in [0.5, 0.6) is 11.5 Å². The van der Waals surface area contributed by atoms with Crippen molar-refractivity contribution in [1.82, 2.24) is 4.98 Å². The van der Waals surface area contributed by atoms with Gasteiger partial charge in [-0.1, -0.05) is 53.0 Å². The van der Waals surface area contributed by atoms with E-state index in [1.165, 1.54) is 24.4 Å². The lowest BCUT2D eigenvalue weighted by atomic mass is 10.2. The van der Waals surface area contributed by atoms with Crippen molar-refractivity contribution in [3.63, 3.8) is 0 Å². The second-order valence-electron chi connectivity index (χ2n) is 6.87. The van der Waals surface area contributed by atoms with Crippen LogP contribution in [0.3, 0.4) is 0 Å². The minimum absolute atomic E-state index is 0.0663. The van der Waals surface area contributed by atoms with Crippen LogP contribution < -0.4 is 9.46 Å². The lowest BCUT2D eigenvalue weighted by molar-refractivity contribution is 0.442. The second-order valence-corrected chi connectivity index (χ2v) is 9.74. The molecular formula is C22H14Cl3FN2O3S. The molecule has 1 aromatic heterocycles. The summed E-state index contributed by atoms with van der Waals surface area (Å²) in [6, 6.07) is 13.9. The fraction of sp³-hybridized carbons (Fsp3) is 0.0455. The Hall–Kier alpha value is -2.58. The van der Waals surface area contributed by atoms with Crippen LogP contribution in [0.15, 0.2) is 65.7 Å². The number of hydrogen-bond acceptors (Lipinski definition) is 4. The summed E-state index contributed by atoms with van der Waals surface area (Å²) in [7, 11) is -4.13. The van der Waals surface area contributed by atoms with E-state index in [0.29, 0.717) is 10.6 Å². The summed E-state index contributed by atoms with van der Waals surface area (Å²) in [4.78, 5) is 4.06. The number of aryl methyl sites for hydroxylation is 1. The molecule has 0 saturated carbocycles. The molecule has 0 aliphatic carbocycles. The first-order chi connectivity index (χ1) is 15.1. The molecule has 5 nitrogen and oxygen atoms in total. The minimum atomic E-state index is -4.13. The number of hydrogen-bond donors (Lipinski definition) is 1. The second kappa shape index (κ2) is 8.75. The molecule has 0 aliphatic heterocycles. The van der Waals surface area contributed by atoms with E-state index in [0.717, 1.165) is 17.0 Å². The molecule has 4 rings (SSSR count). The predicted octanol–water partition coefficient (Wildman–Crippen LogP) is 7.24. The van der Waals surface area contributed by atoms with Gasteiger partial charge in [0, 0.05) is 16.5 Å². The molecule has 3 aromatic carbocycles. The molecular weight excluding hydrogens is 498 g/mol. The van der Waals surface area contributed by atoms with Crippen molar-refractivity contribution in [1.29, 1.82) is 0 Å². The average molecular weight is 512 g/mol. The number of fused-ring (bicyclic) bond motifs is 1. The van der Waals surface area contributed by atoms with Crippen LogP contribution in [0.4, 0.5) is 10.1 Å². The summed E-state index contributed by atoms with van der Waals surface area (Å²) in [5.41, 5.74) is 1.18. The van der Waals surface area contributed by atoms with Gasteiger partial charge in [0.15, 0.2) is 11.6 Å². The third-order valence-electron chi connectivity index (χ3n) is 4.54. The number of sulfonamides is 1. The maximum Gasteiger partial charge on any atom is 0.263 e. The Morgan fingerprint density at radius 1 is 0.969 bits per heavy atom. The Morgan fingerprint density at radius 3 is 2.47 bits per heavy atom. The van der Waals surface area contributed by atoms with Crippen molar-refractivity contribution in [2.24, 2.45) is 0 Å². The smallest absolute Gasteiger partial charge is 0.263 e. The molecule has 0 saturated heterocycles. The summed E-state index contributed by atoms with van der Waals surface area (Å²) in [6.07, 6.45) is 1.44. The van der Waals surface area contributed by atoms with Crippen LogP contribution in [0, 0.1) is 12.7 Å². The van der Waals surface area contributed by atoms with E-state index in [1.54, 1.807) is 13.0 Å². The van der Waals surface area contributed by atoms with E-state index >= 15 is 0 Å². The summed E-state index contributed by atoms with van der Waals surface area (Å²) < 4.78 is 48.2. The number of ether oxygens (including phenoxy) is 1. The van der Waals surface area contributed by atoms with Gasteiger partial charge in [-0.25, -0.2) is 12.8 Å². The zero-order valence-corrected chi connectivity index (χ0v) is 19.4. The fourth-order valence-electron chi connectivity index (χ4n) is 2.99. The lowest BCUT2D eigenvalue weighted by Crippen LogP contribution is -2.14. The highest BCUT2D eigenvalue weighted by atomic mass is 35.5. The first-order valence-corrected chi connectivity index (χ1v) is 11.8. The van der Waals surface area contributed by atoms with Gasteiger partial charge in [-0.05, 0) is 42.8 Å². The predicted molar refractivity (Wildman–Crippen MR) is 125 cm³/mol. The Bertz CT molecular complexity index is 1440. The van der Waals surface area contributed by atoms with Gasteiger partial charge < -0.3 is 4.74 Å². The third-order valence-corrected chi connectivity index (χ3v) is 7.07. The molecule has 1 N–H and O–H groups in total. The number of anilines is 1. The van der Waals surface area contributed by atoms with Crippen molar-refractivity contribution < 1.29 is 17.5 Å². The first-order valence-electron chi connectivity index (χ1n) is 9.14. The fourth-order valence-corrected chi connectivity index (χ4v) is 5.11. The average Bonchev–Trinajstić information content (AvgIpc) is 2.73. The number of aromatic nitrogens is 1. The van der Waals surface area contributed by atoms with Crippen molar-refractivity contribution in [2.75, 3.05) is 4.72 Å². The normalized spacial score (nSPS) is 11.5. The molecule has 0 radical (unpaired) electrons. The zero-order valence-electron chi connectivity index (χ0n) is 16.4. The Balaban J connectivity index is 1.63. The topological polar surface area (TPSA) is 68.3 Å². The number of rotatable bonds is 5. The monoisotopic (exact) mass is 510 g/mol. The number of nitrogens with zero attached hydrogens (tertiary/aromatic N) is 1. The van der Waals surface area contributed by atoms with Crippen LogP contribution in [-0.2, 0) is 10.0 Å². The molecule has 0 amide bonds. The minimum Gasteiger partial charge on any atom is -0.451 e. The molecule has 0 spiro atoms. The van der Waals surface area contributed by atoms with Gasteiger partial charge in [0.25, 0.3) is 10.0 Å². The number of benzene rings is 3. The molecule has 0 aliphatic rings. The zero-order chi connectivity index (χ0) is 23.0. The van der Waals surface area contributed by atoms with Gasteiger partial charge in [-0.3, -0.25) is 9.71 Å². The Labute approximate surface area is 198 Å². The molecule has 1 heterocycles. The summed E-state index contributed by atoms with van der Waals surface area (Å²) in [6.45, 7) is 1.64. The molecule has 32 heavy (non-hydrogen) atoms. The van der Waals surface area contributed by atoms with Gasteiger partial charge >= 0.3 is 0 Å². The van der Waals surface area contributed by atoms with Crippen molar-refractivity contribution in [3.8, 4) is 11.5 Å². The largest absolute Gasteiger partial charge is 0.451 e. The van der Waals surface area contributed by atoms with Crippen LogP contribution in [0.25, 0.3) is 10.9 Å². The summed E-state index contributed by atoms with van der Waals surface area (Å²) in [5.74, 6) is -0.838. The first kappa shape index (κ1) is 22.6. The maximum absolute atomic E-state index is 14.8. The van der Waals surface area contributed by atoms with E-state index in [-0.39, 0.29) is 32.1 Å². The van der Waals surface area contributed by atoms with Crippen LogP contribution in [0.2, 0.25) is 15.1 Å². The molecule has 0 unspecified atom stereocenters. The highest BCUT2D eigenvalue weighted by Crippen LogP contribution is 2.36. The van der Waals surface area contributed by atoms with E-state index in [1.807, 2.05) is 24.3 Å². The number of para-hydroxylation sites is 1. The number of pyridine rings is 1. The molecule has 10 heteroatoms. The summed E-state index contributed by atoms with van der Waals surface area (Å²) in [5, 5.41) is 0.937. The molecule has 0 bridgehead atoms. The van der Waals surface area contributed by atoms with Gasteiger partial charge in [0.05, 0.1) is 27.4 Å². The highest BCUT2D eigenvalue weighted by Gasteiger charge is 2.21. The SMILES string of the molecule is Cc1cc(S(=O)(=O)Nc2cc(F)c(Oc3cnc4ccccc4c3)c(Cl)c2)c(Cl)cc1Cl. The Morgan fingerprint density at radius 2 is 1.72 bits per heavy atom. The maximum atomic E-state index is 14.8. The lowest BCUT2D eigenvalue weighted by Gasteiger charge is -2.14. The number of nitrogens with one attached hydrogen (secondary N) is 1. The highest BCUT2D eigenvalue weighted by molar-refractivity contribution is 7.92. The van der Waals surface area contributed by atoms with Crippen LogP contribution in [0.1, 0.15) is 5.56 Å². The standard InChI is InChI=1S/C22H14Cl3FN2O3S/c1-12-6-21(17(24)10-16(12)23)32(29,30)28-14-8-18(25)22(19(26)9-14)31-15-7-13-4-2-3-5-20(13)27-11-15/h2-11,28H,1H3. The van der Waals surface area contributed by atoms with E-state index in [2.05, 4.69) is 9.71 Å². The molecule has 0 atom stereocenters. The van der Waals surface area contributed by atoms with Gasteiger partial charge in [-0.15, -0.1) is 0 Å². The summed E-state index contributed by atoms with van der Waals surface area (Å²) >= 11 is 18.2. The molecule has 0 fully saturated rings. The van der Waals surface area contributed by atoms with Crippen molar-refractivity contribution in [3.05, 3.63) is 87.2 Å². The van der Waals surface area contributed by atoms with Crippen molar-refractivity contribution in [2.45, 2.75) is 11.8 Å². The van der Waals surface area contributed by atoms with Crippen molar-refractivity contribution >= 4 is 61.4 Å². The Kier molecular flexibility index (Phi) is 6.18.